The fourth-order valence-corrected chi connectivity index (χ4v) is 15.5. The standard InChI is InChI=1S/C99H82F2N2O6/c1-7-19-90-86(10-4)88-60-46-78(66-92(88)98(90,72-34-52-80(53-35-72)106-64-62-104-11-5)74-38-56-84(57-39-74)108-82-48-26-68(8-2)27-49-82)102(96-24-17-15-22-94(96)100)76-42-30-70(31-43-76)71-32-44-77(45-33-71)103(97-25-18-16-23-95(97)101)79-47-61-89-87-20-13-14-21-91(87)99(93(89)67-79,73-36-54-81(55-37-73)107-65-63-105-12-6)75-40-58-85(59-41-75)109-83-50-28-69(9-3)29-51-83/h7-10,13-61,66-67H,2-4,11-12,62-65H2,1,5-6H3/b19-7-. The van der Waals surface area contributed by atoms with Crippen molar-refractivity contribution in [3.63, 3.8) is 0 Å². The van der Waals surface area contributed by atoms with Crippen LogP contribution in [-0.2, 0) is 20.3 Å². The van der Waals surface area contributed by atoms with Crippen molar-refractivity contribution in [3.05, 3.63) is 414 Å². The zero-order chi connectivity index (χ0) is 74.9. The highest BCUT2D eigenvalue weighted by atomic mass is 19.1. The molecule has 2 aliphatic carbocycles. The van der Waals surface area contributed by atoms with Crippen LogP contribution in [0.5, 0.6) is 34.5 Å². The molecule has 13 aromatic carbocycles. The van der Waals surface area contributed by atoms with Gasteiger partial charge in [-0.1, -0.05) is 208 Å². The van der Waals surface area contributed by atoms with Gasteiger partial charge in [-0.05, 0) is 255 Å². The van der Waals surface area contributed by atoms with Crippen molar-refractivity contribution in [2.24, 2.45) is 0 Å². The average Bonchev–Trinajstić information content (AvgIpc) is 1.57. The molecule has 2 atom stereocenters. The van der Waals surface area contributed by atoms with Crippen LogP contribution < -0.4 is 28.7 Å². The van der Waals surface area contributed by atoms with Gasteiger partial charge in [0.1, 0.15) is 59.3 Å². The quantitative estimate of drug-likeness (QED) is 0.0430. The Morgan fingerprint density at radius 1 is 0.349 bits per heavy atom. The molecule has 0 amide bonds. The zero-order valence-corrected chi connectivity index (χ0v) is 61.2. The Balaban J connectivity index is 0.803. The molecule has 10 heteroatoms. The summed E-state index contributed by atoms with van der Waals surface area (Å²) in [7, 11) is 0. The normalized spacial score (nSPS) is 14.7. The largest absolute Gasteiger partial charge is 0.491 e. The van der Waals surface area contributed by atoms with Crippen molar-refractivity contribution in [1.29, 1.82) is 0 Å². The van der Waals surface area contributed by atoms with Crippen molar-refractivity contribution < 1.29 is 37.2 Å². The first-order chi connectivity index (χ1) is 53.6. The summed E-state index contributed by atoms with van der Waals surface area (Å²) in [6.45, 7) is 21.2. The van der Waals surface area contributed by atoms with Gasteiger partial charge in [0.05, 0.1) is 35.4 Å². The summed E-state index contributed by atoms with van der Waals surface area (Å²) in [6.07, 6.45) is 9.81. The Kier molecular flexibility index (Phi) is 21.1. The lowest BCUT2D eigenvalue weighted by molar-refractivity contribution is 0.110. The third kappa shape index (κ3) is 14.0. The number of hydrogen-bond acceptors (Lipinski definition) is 8. The van der Waals surface area contributed by atoms with Crippen LogP contribution in [0.3, 0.4) is 0 Å². The highest BCUT2D eigenvalue weighted by Gasteiger charge is 2.49. The Hall–Kier alpha value is -12.9. The van der Waals surface area contributed by atoms with Crippen molar-refractivity contribution in [3.8, 4) is 56.8 Å². The van der Waals surface area contributed by atoms with E-state index in [4.69, 9.17) is 28.4 Å². The maximum Gasteiger partial charge on any atom is 0.147 e. The van der Waals surface area contributed by atoms with E-state index in [9.17, 15) is 0 Å². The second-order valence-corrected chi connectivity index (χ2v) is 26.6. The topological polar surface area (TPSA) is 61.9 Å². The number of nitrogens with zero attached hydrogens (tertiary/aromatic N) is 2. The zero-order valence-electron chi connectivity index (χ0n) is 61.2. The summed E-state index contributed by atoms with van der Waals surface area (Å²) >= 11 is 0. The molecule has 0 aromatic heterocycles. The molecule has 0 N–H and O–H groups in total. The predicted octanol–water partition coefficient (Wildman–Crippen LogP) is 25.5. The summed E-state index contributed by atoms with van der Waals surface area (Å²) in [5.41, 5.74) is 18.0. The summed E-state index contributed by atoms with van der Waals surface area (Å²) in [6, 6.07) is 101. The summed E-state index contributed by atoms with van der Waals surface area (Å²) in [4.78, 5) is 3.98. The molecule has 0 spiro atoms. The van der Waals surface area contributed by atoms with E-state index in [0.29, 0.717) is 79.8 Å². The molecule has 0 radical (unpaired) electrons. The summed E-state index contributed by atoms with van der Waals surface area (Å²) in [5, 5.41) is 0. The van der Waals surface area contributed by atoms with Gasteiger partial charge >= 0.3 is 0 Å². The van der Waals surface area contributed by atoms with Crippen LogP contribution in [0.2, 0.25) is 0 Å². The molecule has 15 rings (SSSR count). The van der Waals surface area contributed by atoms with Gasteiger partial charge in [-0.15, -0.1) is 0 Å². The number of fused-ring (bicyclic) bond motifs is 4. The summed E-state index contributed by atoms with van der Waals surface area (Å²) in [5.74, 6) is 3.46. The van der Waals surface area contributed by atoms with Crippen LogP contribution in [0.4, 0.5) is 42.9 Å². The molecule has 109 heavy (non-hydrogen) atoms. The third-order valence-corrected chi connectivity index (χ3v) is 20.5. The highest BCUT2D eigenvalue weighted by Crippen LogP contribution is 2.60. The van der Waals surface area contributed by atoms with Crippen LogP contribution in [0.15, 0.2) is 347 Å². The van der Waals surface area contributed by atoms with Gasteiger partial charge in [0.2, 0.25) is 0 Å². The molecule has 8 nitrogen and oxygen atoms in total. The van der Waals surface area contributed by atoms with E-state index in [1.165, 1.54) is 12.1 Å². The minimum absolute atomic E-state index is 0.372. The lowest BCUT2D eigenvalue weighted by atomic mass is 9.66. The van der Waals surface area contributed by atoms with E-state index in [1.807, 2.05) is 194 Å². The van der Waals surface area contributed by atoms with E-state index >= 15 is 8.78 Å². The summed E-state index contributed by atoms with van der Waals surface area (Å²) < 4.78 is 70.3. The van der Waals surface area contributed by atoms with Crippen molar-refractivity contribution in [2.45, 2.75) is 31.6 Å². The molecule has 0 heterocycles. The average molecular weight is 1430 g/mol. The second-order valence-electron chi connectivity index (χ2n) is 26.6. The fourth-order valence-electron chi connectivity index (χ4n) is 15.5. The Morgan fingerprint density at radius 2 is 0.716 bits per heavy atom. The number of hydrogen-bond donors (Lipinski definition) is 0. The number of halogens is 2. The van der Waals surface area contributed by atoms with Gasteiger partial charge in [0.15, 0.2) is 0 Å². The van der Waals surface area contributed by atoms with Crippen molar-refractivity contribution >= 4 is 51.8 Å². The first-order valence-electron chi connectivity index (χ1n) is 36.9. The molecular weight excluding hydrogens is 1350 g/mol. The first-order valence-corrected chi connectivity index (χ1v) is 36.9. The molecule has 2 aliphatic rings. The number of allylic oxidation sites excluding steroid dienone is 5. The van der Waals surface area contributed by atoms with Crippen LogP contribution in [0.25, 0.3) is 40.0 Å². The lowest BCUT2D eigenvalue weighted by Gasteiger charge is -2.36. The van der Waals surface area contributed by atoms with Gasteiger partial charge in [0.25, 0.3) is 0 Å². The van der Waals surface area contributed by atoms with Gasteiger partial charge < -0.3 is 38.2 Å². The highest BCUT2D eigenvalue weighted by molar-refractivity contribution is 5.95. The predicted molar refractivity (Wildman–Crippen MR) is 440 cm³/mol. The molecule has 0 saturated heterocycles. The number of rotatable bonds is 29. The molecular formula is C99H82F2N2O6. The van der Waals surface area contributed by atoms with Gasteiger partial charge in [0, 0.05) is 36.0 Å². The maximum atomic E-state index is 16.9. The number of para-hydroxylation sites is 2. The lowest BCUT2D eigenvalue weighted by Crippen LogP contribution is -2.29. The molecule has 0 bridgehead atoms. The van der Waals surface area contributed by atoms with E-state index in [2.05, 4.69) is 165 Å². The van der Waals surface area contributed by atoms with E-state index < -0.39 is 10.8 Å². The minimum Gasteiger partial charge on any atom is -0.491 e. The smallest absolute Gasteiger partial charge is 0.147 e. The molecule has 2 unspecified atom stereocenters. The molecule has 0 saturated carbocycles. The number of ether oxygens (including phenoxy) is 6. The van der Waals surface area contributed by atoms with E-state index in [1.54, 1.807) is 12.1 Å². The van der Waals surface area contributed by atoms with Crippen LogP contribution in [0, 0.1) is 11.6 Å². The Bertz CT molecular complexity index is 5490. The van der Waals surface area contributed by atoms with E-state index in [-0.39, 0.29) is 11.6 Å². The van der Waals surface area contributed by atoms with Crippen molar-refractivity contribution in [2.75, 3.05) is 49.4 Å². The van der Waals surface area contributed by atoms with Crippen LogP contribution in [0.1, 0.15) is 76.4 Å². The molecule has 13 aromatic rings. The van der Waals surface area contributed by atoms with E-state index in [0.717, 1.165) is 118 Å². The third-order valence-electron chi connectivity index (χ3n) is 20.5. The Morgan fingerprint density at radius 3 is 1.13 bits per heavy atom. The minimum atomic E-state index is -0.929. The number of benzene rings is 13. The van der Waals surface area contributed by atoms with Gasteiger partial charge in [-0.2, -0.15) is 0 Å². The van der Waals surface area contributed by atoms with Gasteiger partial charge in [-0.3, -0.25) is 0 Å². The first kappa shape index (κ1) is 71.7. The number of anilines is 6. The van der Waals surface area contributed by atoms with Crippen LogP contribution in [-0.4, -0.2) is 39.6 Å². The second kappa shape index (κ2) is 32.1. The fraction of sp³-hybridized carbons (Fsp3) is 0.111. The SMILES string of the molecule is C=CC1=C(/C=C\C)C(c2ccc(OCCOCC)cc2)(c2ccc(Oc3ccc(C=C)cc3)cc2)c2cc(N(c3ccc(-c4ccc(N(c5ccc6c(c5)C(c5ccc(OCCOCC)cc5)(c5ccc(Oc7ccc(C=C)cc7)cc5)c5ccccc5-6)c5ccccc5F)cc4)cc3)c3ccccc3F)ccc21. The maximum absolute atomic E-state index is 16.9. The van der Waals surface area contributed by atoms with Crippen molar-refractivity contribution in [1.82, 2.24) is 0 Å². The Labute approximate surface area is 637 Å². The monoisotopic (exact) mass is 1430 g/mol. The van der Waals surface area contributed by atoms with Crippen LogP contribution >= 0.6 is 0 Å². The van der Waals surface area contributed by atoms with Gasteiger partial charge in [-0.25, -0.2) is 8.78 Å². The molecule has 538 valence electrons. The molecule has 0 fully saturated rings. The molecule has 0 aliphatic heterocycles.